The van der Waals surface area contributed by atoms with E-state index in [0.29, 0.717) is 12.1 Å². The molecule has 1 unspecified atom stereocenters. The highest BCUT2D eigenvalue weighted by atomic mass is 15.2. The average Bonchev–Trinajstić information content (AvgIpc) is 3.24. The molecule has 3 heteroatoms. The maximum absolute atomic E-state index is 4.69. The first-order chi connectivity index (χ1) is 9.81. The lowest BCUT2D eigenvalue weighted by molar-refractivity contribution is 0.589. The molecule has 0 amide bonds. The standard InChI is InChI=1S/C17H21N3/c1-12-11-20(14-9-10-14)17(18-12)19-16-8-4-6-13-5-2-3-7-15(13)16/h2-3,5,7,11,14,16H,4,6,8-10H2,1H3,(H,18,19). The van der Waals surface area contributed by atoms with E-state index in [9.17, 15) is 0 Å². The predicted octanol–water partition coefficient (Wildman–Crippen LogP) is 4.02. The van der Waals surface area contributed by atoms with Crippen LogP contribution in [-0.4, -0.2) is 9.55 Å². The van der Waals surface area contributed by atoms with Gasteiger partial charge in [0.25, 0.3) is 0 Å². The van der Waals surface area contributed by atoms with Crippen molar-refractivity contribution >= 4 is 5.95 Å². The first-order valence-electron chi connectivity index (χ1n) is 7.71. The van der Waals surface area contributed by atoms with Crippen LogP contribution in [0.3, 0.4) is 0 Å². The summed E-state index contributed by atoms with van der Waals surface area (Å²) in [7, 11) is 0. The van der Waals surface area contributed by atoms with Crippen molar-refractivity contribution in [3.63, 3.8) is 0 Å². The van der Waals surface area contributed by atoms with Crippen LogP contribution in [0.5, 0.6) is 0 Å². The fraction of sp³-hybridized carbons (Fsp3) is 0.471. The summed E-state index contributed by atoms with van der Waals surface area (Å²) in [5.74, 6) is 1.06. The van der Waals surface area contributed by atoms with Crippen molar-refractivity contribution in [2.75, 3.05) is 5.32 Å². The van der Waals surface area contributed by atoms with Gasteiger partial charge in [-0.2, -0.15) is 0 Å². The maximum atomic E-state index is 4.69. The van der Waals surface area contributed by atoms with Crippen LogP contribution in [0.4, 0.5) is 5.95 Å². The van der Waals surface area contributed by atoms with Gasteiger partial charge in [0.05, 0.1) is 11.7 Å². The van der Waals surface area contributed by atoms with Gasteiger partial charge in [-0.25, -0.2) is 4.98 Å². The zero-order valence-corrected chi connectivity index (χ0v) is 12.0. The molecule has 0 aliphatic heterocycles. The van der Waals surface area contributed by atoms with Gasteiger partial charge in [0, 0.05) is 12.2 Å². The smallest absolute Gasteiger partial charge is 0.203 e. The number of hydrogen-bond donors (Lipinski definition) is 1. The molecule has 104 valence electrons. The van der Waals surface area contributed by atoms with Crippen molar-refractivity contribution in [3.05, 3.63) is 47.3 Å². The number of hydrogen-bond acceptors (Lipinski definition) is 2. The molecular formula is C17H21N3. The molecule has 0 radical (unpaired) electrons. The average molecular weight is 267 g/mol. The quantitative estimate of drug-likeness (QED) is 0.910. The molecular weight excluding hydrogens is 246 g/mol. The monoisotopic (exact) mass is 267 g/mol. The van der Waals surface area contributed by atoms with Crippen molar-refractivity contribution in [1.29, 1.82) is 0 Å². The number of benzene rings is 1. The van der Waals surface area contributed by atoms with Crippen LogP contribution in [0.2, 0.25) is 0 Å². The highest BCUT2D eigenvalue weighted by Gasteiger charge is 2.28. The summed E-state index contributed by atoms with van der Waals surface area (Å²) in [4.78, 5) is 4.69. The van der Waals surface area contributed by atoms with Crippen LogP contribution in [0.15, 0.2) is 30.5 Å². The Balaban J connectivity index is 1.64. The summed E-state index contributed by atoms with van der Waals surface area (Å²) in [6, 6.07) is 9.93. The van der Waals surface area contributed by atoms with Gasteiger partial charge in [0.2, 0.25) is 5.95 Å². The van der Waals surface area contributed by atoms with Gasteiger partial charge >= 0.3 is 0 Å². The normalized spacial score (nSPS) is 21.6. The summed E-state index contributed by atoms with van der Waals surface area (Å²) >= 11 is 0. The number of imidazole rings is 1. The van der Waals surface area contributed by atoms with Gasteiger partial charge in [-0.15, -0.1) is 0 Å². The third-order valence-corrected chi connectivity index (χ3v) is 4.47. The minimum atomic E-state index is 0.416. The lowest BCUT2D eigenvalue weighted by Crippen LogP contribution is -2.19. The molecule has 1 N–H and O–H groups in total. The van der Waals surface area contributed by atoms with E-state index in [4.69, 9.17) is 4.98 Å². The predicted molar refractivity (Wildman–Crippen MR) is 81.0 cm³/mol. The van der Waals surface area contributed by atoms with E-state index in [1.807, 2.05) is 0 Å². The van der Waals surface area contributed by atoms with E-state index in [1.54, 1.807) is 0 Å². The van der Waals surface area contributed by atoms with Crippen molar-refractivity contribution in [3.8, 4) is 0 Å². The second-order valence-electron chi connectivity index (χ2n) is 6.13. The molecule has 4 rings (SSSR count). The van der Waals surface area contributed by atoms with E-state index in [2.05, 4.69) is 47.3 Å². The van der Waals surface area contributed by atoms with Crippen molar-refractivity contribution in [1.82, 2.24) is 9.55 Å². The third-order valence-electron chi connectivity index (χ3n) is 4.47. The van der Waals surface area contributed by atoms with Crippen molar-refractivity contribution in [2.24, 2.45) is 0 Å². The Morgan fingerprint density at radius 3 is 2.90 bits per heavy atom. The molecule has 1 aromatic carbocycles. The maximum Gasteiger partial charge on any atom is 0.203 e. The van der Waals surface area contributed by atoms with Crippen LogP contribution in [0.1, 0.15) is 54.6 Å². The SMILES string of the molecule is Cc1cn(C2CC2)c(NC2CCCc3ccccc32)n1. The number of nitrogens with one attached hydrogen (secondary N) is 1. The Labute approximate surface area is 120 Å². The second-order valence-corrected chi connectivity index (χ2v) is 6.13. The number of anilines is 1. The fourth-order valence-corrected chi connectivity index (χ4v) is 3.31. The lowest BCUT2D eigenvalue weighted by Gasteiger charge is -2.27. The minimum Gasteiger partial charge on any atom is -0.349 e. The van der Waals surface area contributed by atoms with Crippen molar-refractivity contribution in [2.45, 2.75) is 51.1 Å². The molecule has 20 heavy (non-hydrogen) atoms. The topological polar surface area (TPSA) is 29.9 Å². The summed E-state index contributed by atoms with van der Waals surface area (Å²) in [5.41, 5.74) is 4.07. The Morgan fingerprint density at radius 2 is 2.05 bits per heavy atom. The molecule has 1 saturated carbocycles. The van der Waals surface area contributed by atoms with Gasteiger partial charge in [-0.05, 0) is 50.2 Å². The number of fused-ring (bicyclic) bond motifs is 1. The van der Waals surface area contributed by atoms with E-state index >= 15 is 0 Å². The van der Waals surface area contributed by atoms with Crippen LogP contribution in [-0.2, 0) is 6.42 Å². The molecule has 0 bridgehead atoms. The van der Waals surface area contributed by atoms with Gasteiger partial charge < -0.3 is 9.88 Å². The first-order valence-corrected chi connectivity index (χ1v) is 7.71. The van der Waals surface area contributed by atoms with Gasteiger partial charge in [-0.1, -0.05) is 24.3 Å². The second kappa shape index (κ2) is 4.65. The number of rotatable bonds is 3. The molecule has 1 atom stereocenters. The van der Waals surface area contributed by atoms with Crippen LogP contribution in [0.25, 0.3) is 0 Å². The molecule has 3 nitrogen and oxygen atoms in total. The molecule has 0 spiro atoms. The van der Waals surface area contributed by atoms with E-state index in [1.165, 1.54) is 43.2 Å². The van der Waals surface area contributed by atoms with Crippen LogP contribution >= 0.6 is 0 Å². The van der Waals surface area contributed by atoms with E-state index in [-0.39, 0.29) is 0 Å². The molecule has 1 heterocycles. The molecule has 2 aliphatic rings. The Morgan fingerprint density at radius 1 is 1.20 bits per heavy atom. The summed E-state index contributed by atoms with van der Waals surface area (Å²) in [6.07, 6.45) is 8.46. The van der Waals surface area contributed by atoms with E-state index in [0.717, 1.165) is 11.6 Å². The Kier molecular flexibility index (Phi) is 2.79. The Hall–Kier alpha value is -1.77. The highest BCUT2D eigenvalue weighted by molar-refractivity contribution is 5.40. The van der Waals surface area contributed by atoms with E-state index < -0.39 is 0 Å². The Bertz CT molecular complexity index is 625. The zero-order valence-electron chi connectivity index (χ0n) is 12.0. The molecule has 2 aliphatic carbocycles. The number of nitrogens with zero attached hydrogens (tertiary/aromatic N) is 2. The summed E-state index contributed by atoms with van der Waals surface area (Å²) in [5, 5.41) is 3.70. The number of aromatic nitrogens is 2. The largest absolute Gasteiger partial charge is 0.349 e. The van der Waals surface area contributed by atoms with Gasteiger partial charge in [0.15, 0.2) is 0 Å². The van der Waals surface area contributed by atoms with Gasteiger partial charge in [0.1, 0.15) is 0 Å². The first kappa shape index (κ1) is 12.0. The third kappa shape index (κ3) is 2.11. The van der Waals surface area contributed by atoms with Crippen LogP contribution in [0, 0.1) is 6.92 Å². The summed E-state index contributed by atoms with van der Waals surface area (Å²) in [6.45, 7) is 2.08. The highest BCUT2D eigenvalue weighted by Crippen LogP contribution is 2.39. The lowest BCUT2D eigenvalue weighted by atomic mass is 9.88. The van der Waals surface area contributed by atoms with Crippen LogP contribution < -0.4 is 5.32 Å². The van der Waals surface area contributed by atoms with Crippen molar-refractivity contribution < 1.29 is 0 Å². The summed E-state index contributed by atoms with van der Waals surface area (Å²) < 4.78 is 2.34. The fourth-order valence-electron chi connectivity index (χ4n) is 3.31. The molecule has 1 fully saturated rings. The zero-order chi connectivity index (χ0) is 13.5. The van der Waals surface area contributed by atoms with Gasteiger partial charge in [-0.3, -0.25) is 0 Å². The molecule has 1 aromatic heterocycles. The molecule has 2 aromatic rings. The minimum absolute atomic E-state index is 0.416. The number of aryl methyl sites for hydroxylation is 2. The molecule has 0 saturated heterocycles.